The van der Waals surface area contributed by atoms with Crippen LogP contribution in [0.2, 0.25) is 0 Å². The Kier molecular flexibility index (Phi) is 5.54. The fourth-order valence-electron chi connectivity index (χ4n) is 2.05. The Hall–Kier alpha value is -2.63. The van der Waals surface area contributed by atoms with E-state index in [1.54, 1.807) is 19.1 Å². The predicted molar refractivity (Wildman–Crippen MR) is 100 cm³/mol. The molecule has 2 aromatic carbocycles. The zero-order valence-corrected chi connectivity index (χ0v) is 15.6. The van der Waals surface area contributed by atoms with Gasteiger partial charge in [0.1, 0.15) is 0 Å². The number of nitrogens with one attached hydrogen (secondary N) is 3. The molecule has 0 spiro atoms. The summed E-state index contributed by atoms with van der Waals surface area (Å²) in [7, 11) is -7.34. The van der Waals surface area contributed by atoms with Gasteiger partial charge in [-0.05, 0) is 42.8 Å². The predicted octanol–water partition coefficient (Wildman–Crippen LogP) is 1.66. The van der Waals surface area contributed by atoms with Gasteiger partial charge in [0.25, 0.3) is 0 Å². The monoisotopic (exact) mass is 398 g/mol. The zero-order chi connectivity index (χ0) is 19.5. The van der Waals surface area contributed by atoms with E-state index in [4.69, 9.17) is 5.14 Å². The largest absolute Gasteiger partial charge is 0.323 e. The number of rotatable bonds is 5. The number of nitrogens with two attached hydrogens (primary N) is 1. The minimum Gasteiger partial charge on any atom is -0.308 e. The maximum absolute atomic E-state index is 12.1. The molecule has 0 radical (unpaired) electrons. The van der Waals surface area contributed by atoms with Crippen LogP contribution in [0.3, 0.4) is 0 Å². The van der Waals surface area contributed by atoms with E-state index in [0.29, 0.717) is 16.9 Å². The molecule has 2 rings (SSSR count). The number of carbonyl (C=O) groups excluding carboxylic acids is 1. The number of primary sulfonamides is 1. The lowest BCUT2D eigenvalue weighted by atomic mass is 10.2. The molecule has 0 unspecified atom stereocenters. The van der Waals surface area contributed by atoms with E-state index in [1.807, 2.05) is 0 Å². The van der Waals surface area contributed by atoms with Crippen LogP contribution in [0.25, 0.3) is 0 Å². The third-order valence-electron chi connectivity index (χ3n) is 3.21. The van der Waals surface area contributed by atoms with Crippen LogP contribution in [0, 0.1) is 6.92 Å². The molecule has 2 amide bonds. The van der Waals surface area contributed by atoms with Crippen LogP contribution in [0.4, 0.5) is 21.9 Å². The number of aryl methyl sites for hydroxylation is 1. The van der Waals surface area contributed by atoms with Crippen molar-refractivity contribution in [3.63, 3.8) is 0 Å². The summed E-state index contributed by atoms with van der Waals surface area (Å²) in [6, 6.07) is 9.55. The number of anilines is 3. The molecule has 0 aliphatic heterocycles. The van der Waals surface area contributed by atoms with E-state index in [0.717, 1.165) is 6.26 Å². The maximum atomic E-state index is 12.1. The summed E-state index contributed by atoms with van der Waals surface area (Å²) in [5.74, 6) is 0. The molecule has 0 aliphatic carbocycles. The highest BCUT2D eigenvalue weighted by Crippen LogP contribution is 2.21. The first kappa shape index (κ1) is 19.7. The zero-order valence-electron chi connectivity index (χ0n) is 14.0. The average Bonchev–Trinajstić information content (AvgIpc) is 2.48. The van der Waals surface area contributed by atoms with Crippen molar-refractivity contribution in [3.8, 4) is 0 Å². The summed E-state index contributed by atoms with van der Waals surface area (Å²) in [4.78, 5) is 11.9. The first-order valence-electron chi connectivity index (χ1n) is 7.23. The molecule has 0 saturated carbocycles. The minimum absolute atomic E-state index is 0.134. The molecule has 5 N–H and O–H groups in total. The van der Waals surface area contributed by atoms with Crippen molar-refractivity contribution in [2.24, 2.45) is 5.14 Å². The van der Waals surface area contributed by atoms with Crippen LogP contribution in [0.1, 0.15) is 5.56 Å². The van der Waals surface area contributed by atoms with Crippen LogP contribution >= 0.6 is 0 Å². The van der Waals surface area contributed by atoms with E-state index in [1.165, 1.54) is 30.3 Å². The molecular formula is C15H18N4O5S2. The maximum Gasteiger partial charge on any atom is 0.323 e. The Morgan fingerprint density at radius 3 is 2.15 bits per heavy atom. The summed E-state index contributed by atoms with van der Waals surface area (Å²) in [5, 5.41) is 10.1. The topological polar surface area (TPSA) is 147 Å². The third kappa shape index (κ3) is 5.72. The SMILES string of the molecule is Cc1ccc(NC(=O)Nc2cccc(S(N)(=O)=O)c2)cc1NS(C)(=O)=O. The van der Waals surface area contributed by atoms with E-state index in [2.05, 4.69) is 15.4 Å². The minimum atomic E-state index is -3.88. The van der Waals surface area contributed by atoms with Crippen molar-refractivity contribution < 1.29 is 21.6 Å². The van der Waals surface area contributed by atoms with Crippen LogP contribution in [0.5, 0.6) is 0 Å². The van der Waals surface area contributed by atoms with Crippen molar-refractivity contribution in [1.82, 2.24) is 0 Å². The summed E-state index contributed by atoms with van der Waals surface area (Å²) >= 11 is 0. The van der Waals surface area contributed by atoms with Crippen molar-refractivity contribution in [2.75, 3.05) is 21.6 Å². The number of hydrogen-bond donors (Lipinski definition) is 4. The van der Waals surface area contributed by atoms with Gasteiger partial charge < -0.3 is 10.6 Å². The quantitative estimate of drug-likeness (QED) is 0.604. The van der Waals surface area contributed by atoms with Gasteiger partial charge in [0.15, 0.2) is 0 Å². The number of urea groups is 1. The van der Waals surface area contributed by atoms with Crippen molar-refractivity contribution >= 4 is 43.1 Å². The molecule has 0 atom stereocenters. The highest BCUT2D eigenvalue weighted by atomic mass is 32.2. The Balaban J connectivity index is 2.15. The standard InChI is InChI=1S/C15H18N4O5S2/c1-10-6-7-12(9-14(10)19-25(2,21)22)18-15(20)17-11-4-3-5-13(8-11)26(16,23)24/h3-9,19H,1-2H3,(H2,16,23,24)(H2,17,18,20). The van der Waals surface area contributed by atoms with Gasteiger partial charge in [0.05, 0.1) is 16.8 Å². The van der Waals surface area contributed by atoms with Crippen LogP contribution < -0.4 is 20.5 Å². The molecule has 0 fully saturated rings. The molecule has 0 aromatic heterocycles. The third-order valence-corrected chi connectivity index (χ3v) is 4.71. The molecule has 0 saturated heterocycles. The molecule has 11 heteroatoms. The summed E-state index contributed by atoms with van der Waals surface area (Å²) in [6.45, 7) is 1.72. The lowest BCUT2D eigenvalue weighted by Gasteiger charge is -2.12. The normalized spacial score (nSPS) is 11.7. The van der Waals surface area contributed by atoms with Gasteiger partial charge in [-0.25, -0.2) is 26.8 Å². The van der Waals surface area contributed by atoms with Crippen LogP contribution in [-0.4, -0.2) is 29.1 Å². The summed E-state index contributed by atoms with van der Waals surface area (Å²) in [6.07, 6.45) is 1.03. The van der Waals surface area contributed by atoms with Gasteiger partial charge in [0, 0.05) is 11.4 Å². The highest BCUT2D eigenvalue weighted by molar-refractivity contribution is 7.92. The van der Waals surface area contributed by atoms with Gasteiger partial charge >= 0.3 is 6.03 Å². The number of amides is 2. The second-order valence-corrected chi connectivity index (χ2v) is 8.87. The highest BCUT2D eigenvalue weighted by Gasteiger charge is 2.11. The van der Waals surface area contributed by atoms with Gasteiger partial charge in [0.2, 0.25) is 20.0 Å². The Morgan fingerprint density at radius 1 is 0.962 bits per heavy atom. The van der Waals surface area contributed by atoms with Gasteiger partial charge in [-0.2, -0.15) is 0 Å². The second kappa shape index (κ2) is 7.32. The van der Waals surface area contributed by atoms with Gasteiger partial charge in [-0.15, -0.1) is 0 Å². The Bertz CT molecular complexity index is 1050. The van der Waals surface area contributed by atoms with E-state index in [-0.39, 0.29) is 10.6 Å². The molecule has 26 heavy (non-hydrogen) atoms. The summed E-state index contributed by atoms with van der Waals surface area (Å²) < 4.78 is 47.8. The molecule has 0 aliphatic rings. The summed E-state index contributed by atoms with van der Waals surface area (Å²) in [5.41, 5.74) is 1.60. The van der Waals surface area contributed by atoms with Crippen LogP contribution in [0.15, 0.2) is 47.4 Å². The molecule has 2 aromatic rings. The molecule has 0 bridgehead atoms. The first-order valence-corrected chi connectivity index (χ1v) is 10.7. The van der Waals surface area contributed by atoms with Crippen LogP contribution in [-0.2, 0) is 20.0 Å². The smallest absolute Gasteiger partial charge is 0.308 e. The second-order valence-electron chi connectivity index (χ2n) is 5.56. The lowest BCUT2D eigenvalue weighted by molar-refractivity contribution is 0.262. The fraction of sp³-hybridized carbons (Fsp3) is 0.133. The number of hydrogen-bond acceptors (Lipinski definition) is 5. The van der Waals surface area contributed by atoms with Crippen molar-refractivity contribution in [1.29, 1.82) is 0 Å². The Labute approximate surface area is 151 Å². The van der Waals surface area contributed by atoms with Gasteiger partial charge in [-0.1, -0.05) is 12.1 Å². The first-order chi connectivity index (χ1) is 11.9. The fourth-order valence-corrected chi connectivity index (χ4v) is 3.23. The molecule has 140 valence electrons. The molecular weight excluding hydrogens is 380 g/mol. The van der Waals surface area contributed by atoms with E-state index < -0.39 is 26.1 Å². The number of carbonyl (C=O) groups is 1. The van der Waals surface area contributed by atoms with Crippen molar-refractivity contribution in [2.45, 2.75) is 11.8 Å². The Morgan fingerprint density at radius 2 is 1.58 bits per heavy atom. The van der Waals surface area contributed by atoms with Crippen molar-refractivity contribution in [3.05, 3.63) is 48.0 Å². The average molecular weight is 398 g/mol. The number of sulfonamides is 2. The lowest BCUT2D eigenvalue weighted by Crippen LogP contribution is -2.20. The number of benzene rings is 2. The van der Waals surface area contributed by atoms with E-state index in [9.17, 15) is 21.6 Å². The molecule has 0 heterocycles. The van der Waals surface area contributed by atoms with E-state index >= 15 is 0 Å². The van der Waals surface area contributed by atoms with Gasteiger partial charge in [-0.3, -0.25) is 4.72 Å². The molecule has 9 nitrogen and oxygen atoms in total.